The van der Waals surface area contributed by atoms with E-state index in [1.165, 1.54) is 64.2 Å². The summed E-state index contributed by atoms with van der Waals surface area (Å²) in [6.45, 7) is 1.08. The summed E-state index contributed by atoms with van der Waals surface area (Å²) in [7, 11) is 1.59. The second kappa shape index (κ2) is 20.5. The number of hydrogen-bond acceptors (Lipinski definition) is 12. The zero-order valence-electron chi connectivity index (χ0n) is 24.8. The Balaban J connectivity index is 1.71. The molecular formula is C29H56O12. The summed E-state index contributed by atoms with van der Waals surface area (Å²) in [6, 6.07) is 0. The van der Waals surface area contributed by atoms with Crippen LogP contribution in [0.5, 0.6) is 0 Å². The standard InChI is InChI=1S/C29H56O12/c1-3-4-5-6-7-8-9-10-11-12-13-14-15-19(37-2)18-38-28-26(36)24(34)27(21(17-31)40-28)41-29-25(35)23(33)22(32)20(16-30)39-29/h19-36H,3-18H2,1-2H3/t19?,20-,21-,22+,23+,24-,25-,26-,27-,28+,29+/m1/s1. The fraction of sp³-hybridized carbons (Fsp3) is 1.00. The van der Waals surface area contributed by atoms with Gasteiger partial charge in [0.15, 0.2) is 12.6 Å². The molecule has 2 aliphatic heterocycles. The lowest BCUT2D eigenvalue weighted by Gasteiger charge is -2.46. The maximum absolute atomic E-state index is 10.7. The van der Waals surface area contributed by atoms with Crippen LogP contribution in [0, 0.1) is 0 Å². The Morgan fingerprint density at radius 3 is 1.66 bits per heavy atom. The van der Waals surface area contributed by atoms with Crippen molar-refractivity contribution in [2.45, 2.75) is 158 Å². The van der Waals surface area contributed by atoms with E-state index in [0.29, 0.717) is 0 Å². The van der Waals surface area contributed by atoms with Crippen molar-refractivity contribution in [2.24, 2.45) is 0 Å². The molecule has 0 aromatic rings. The Hall–Kier alpha value is -0.480. The van der Waals surface area contributed by atoms with Crippen LogP contribution in [0.1, 0.15) is 90.4 Å². The third-order valence-electron chi connectivity index (χ3n) is 8.12. The summed E-state index contributed by atoms with van der Waals surface area (Å²) < 4.78 is 27.8. The van der Waals surface area contributed by atoms with Gasteiger partial charge in [0.05, 0.1) is 25.9 Å². The lowest BCUT2D eigenvalue weighted by molar-refractivity contribution is -0.360. The minimum atomic E-state index is -1.71. The molecule has 0 aromatic heterocycles. The maximum atomic E-state index is 10.7. The number of unbranched alkanes of at least 4 members (excludes halogenated alkanes) is 11. The predicted octanol–water partition coefficient (Wildman–Crippen LogP) is 0.733. The highest BCUT2D eigenvalue weighted by molar-refractivity contribution is 4.94. The van der Waals surface area contributed by atoms with E-state index in [-0.39, 0.29) is 12.7 Å². The highest BCUT2D eigenvalue weighted by atomic mass is 16.7. The molecule has 0 spiro atoms. The molecule has 2 heterocycles. The topological polar surface area (TPSA) is 188 Å². The van der Waals surface area contributed by atoms with Gasteiger partial charge < -0.3 is 59.4 Å². The van der Waals surface area contributed by atoms with E-state index in [1.807, 2.05) is 0 Å². The molecule has 0 aromatic carbocycles. The Morgan fingerprint density at radius 1 is 0.610 bits per heavy atom. The molecule has 12 heteroatoms. The van der Waals surface area contributed by atoms with E-state index < -0.39 is 74.6 Å². The second-order valence-corrected chi connectivity index (χ2v) is 11.4. The Labute approximate surface area is 244 Å². The van der Waals surface area contributed by atoms with Crippen molar-refractivity contribution < 1.29 is 59.4 Å². The van der Waals surface area contributed by atoms with Crippen LogP contribution in [0.2, 0.25) is 0 Å². The van der Waals surface area contributed by atoms with Gasteiger partial charge in [-0.05, 0) is 6.42 Å². The fourth-order valence-corrected chi connectivity index (χ4v) is 5.38. The first-order valence-electron chi connectivity index (χ1n) is 15.5. The van der Waals surface area contributed by atoms with Crippen molar-refractivity contribution in [3.63, 3.8) is 0 Å². The second-order valence-electron chi connectivity index (χ2n) is 11.4. The van der Waals surface area contributed by atoms with E-state index in [4.69, 9.17) is 23.7 Å². The largest absolute Gasteiger partial charge is 0.394 e. The minimum Gasteiger partial charge on any atom is -0.394 e. The minimum absolute atomic E-state index is 0.110. The van der Waals surface area contributed by atoms with Gasteiger partial charge in [-0.15, -0.1) is 0 Å². The van der Waals surface area contributed by atoms with Crippen molar-refractivity contribution in [2.75, 3.05) is 26.9 Å². The molecule has 41 heavy (non-hydrogen) atoms. The van der Waals surface area contributed by atoms with E-state index in [9.17, 15) is 35.7 Å². The average Bonchev–Trinajstić information content (AvgIpc) is 2.98. The van der Waals surface area contributed by atoms with Gasteiger partial charge in [-0.2, -0.15) is 0 Å². The molecule has 2 rings (SSSR count). The third-order valence-corrected chi connectivity index (χ3v) is 8.12. The zero-order chi connectivity index (χ0) is 30.2. The summed E-state index contributed by atoms with van der Waals surface area (Å²) in [5, 5.41) is 70.8. The van der Waals surface area contributed by atoms with Gasteiger partial charge in [0.2, 0.25) is 0 Å². The Morgan fingerprint density at radius 2 is 1.12 bits per heavy atom. The van der Waals surface area contributed by atoms with Gasteiger partial charge in [-0.25, -0.2) is 0 Å². The van der Waals surface area contributed by atoms with Gasteiger partial charge in [0.1, 0.15) is 48.8 Å². The molecule has 244 valence electrons. The van der Waals surface area contributed by atoms with Crippen LogP contribution in [-0.2, 0) is 23.7 Å². The molecule has 2 fully saturated rings. The highest BCUT2D eigenvalue weighted by Gasteiger charge is 2.50. The molecule has 2 aliphatic rings. The lowest BCUT2D eigenvalue weighted by Crippen LogP contribution is -2.64. The molecule has 0 aliphatic carbocycles. The van der Waals surface area contributed by atoms with Gasteiger partial charge in [0.25, 0.3) is 0 Å². The number of methoxy groups -OCH3 is 1. The quantitative estimate of drug-likeness (QED) is 0.0922. The molecule has 0 amide bonds. The van der Waals surface area contributed by atoms with Gasteiger partial charge in [0, 0.05) is 7.11 Å². The Bertz CT molecular complexity index is 653. The summed E-state index contributed by atoms with van der Waals surface area (Å²) in [6.07, 6.45) is 0.893. The van der Waals surface area contributed by atoms with E-state index in [1.54, 1.807) is 7.11 Å². The van der Waals surface area contributed by atoms with E-state index in [0.717, 1.165) is 19.3 Å². The van der Waals surface area contributed by atoms with Crippen LogP contribution < -0.4 is 0 Å². The van der Waals surface area contributed by atoms with Crippen LogP contribution in [0.25, 0.3) is 0 Å². The van der Waals surface area contributed by atoms with Crippen LogP contribution in [0.3, 0.4) is 0 Å². The predicted molar refractivity (Wildman–Crippen MR) is 149 cm³/mol. The number of aliphatic hydroxyl groups excluding tert-OH is 7. The first kappa shape index (κ1) is 36.7. The first-order valence-corrected chi connectivity index (χ1v) is 15.5. The molecule has 12 nitrogen and oxygen atoms in total. The van der Waals surface area contributed by atoms with Crippen LogP contribution in [0.15, 0.2) is 0 Å². The van der Waals surface area contributed by atoms with E-state index in [2.05, 4.69) is 6.92 Å². The number of hydrogen-bond donors (Lipinski definition) is 7. The summed E-state index contributed by atoms with van der Waals surface area (Å²) in [5.41, 5.74) is 0. The van der Waals surface area contributed by atoms with Crippen molar-refractivity contribution in [3.05, 3.63) is 0 Å². The summed E-state index contributed by atoms with van der Waals surface area (Å²) >= 11 is 0. The van der Waals surface area contributed by atoms with Crippen LogP contribution in [0.4, 0.5) is 0 Å². The summed E-state index contributed by atoms with van der Waals surface area (Å²) in [4.78, 5) is 0. The molecule has 0 saturated carbocycles. The van der Waals surface area contributed by atoms with Gasteiger partial charge in [-0.3, -0.25) is 0 Å². The molecule has 2 saturated heterocycles. The lowest BCUT2D eigenvalue weighted by atomic mass is 9.97. The van der Waals surface area contributed by atoms with Crippen molar-refractivity contribution in [1.82, 2.24) is 0 Å². The SMILES string of the molecule is CCCCCCCCCCCCCCC(CO[C@H]1O[C@H](CO)[C@@H](O[C@@H]2O[C@H](CO)[C@H](O)[C@H](O)[C@H]2O)[C@H](O)[C@H]1O)OC. The van der Waals surface area contributed by atoms with Crippen molar-refractivity contribution in [1.29, 1.82) is 0 Å². The smallest absolute Gasteiger partial charge is 0.187 e. The maximum Gasteiger partial charge on any atom is 0.187 e. The molecule has 0 radical (unpaired) electrons. The highest BCUT2D eigenvalue weighted by Crippen LogP contribution is 2.29. The Kier molecular flexibility index (Phi) is 18.3. The number of aliphatic hydroxyl groups is 7. The van der Waals surface area contributed by atoms with Gasteiger partial charge in [-0.1, -0.05) is 84.0 Å². The van der Waals surface area contributed by atoms with E-state index >= 15 is 0 Å². The number of rotatable bonds is 21. The molecule has 0 bridgehead atoms. The summed E-state index contributed by atoms with van der Waals surface area (Å²) in [5.74, 6) is 0. The fourth-order valence-electron chi connectivity index (χ4n) is 5.38. The zero-order valence-corrected chi connectivity index (χ0v) is 24.8. The molecular weight excluding hydrogens is 540 g/mol. The van der Waals surface area contributed by atoms with Crippen LogP contribution in [-0.4, -0.2) is 130 Å². The van der Waals surface area contributed by atoms with Gasteiger partial charge >= 0.3 is 0 Å². The van der Waals surface area contributed by atoms with Crippen LogP contribution >= 0.6 is 0 Å². The van der Waals surface area contributed by atoms with Crippen molar-refractivity contribution >= 4 is 0 Å². The molecule has 11 atom stereocenters. The van der Waals surface area contributed by atoms with Crippen molar-refractivity contribution in [3.8, 4) is 0 Å². The average molecular weight is 597 g/mol. The monoisotopic (exact) mass is 596 g/mol. The first-order chi connectivity index (χ1) is 19.8. The number of ether oxygens (including phenoxy) is 5. The third kappa shape index (κ3) is 11.8. The molecule has 7 N–H and O–H groups in total. The normalized spacial score (nSPS) is 35.0. The molecule has 1 unspecified atom stereocenters.